The zero-order chi connectivity index (χ0) is 9.97. The second-order valence-electron chi connectivity index (χ2n) is 3.71. The molecular weight excluding hydrogens is 200 g/mol. The summed E-state index contributed by atoms with van der Waals surface area (Å²) in [5.41, 5.74) is 0. The van der Waals surface area contributed by atoms with Crippen molar-refractivity contribution in [3.63, 3.8) is 0 Å². The maximum absolute atomic E-state index is 11.2. The number of hydrogen-bond acceptors (Lipinski definition) is 4. The van der Waals surface area contributed by atoms with Crippen molar-refractivity contribution in [3.8, 4) is 0 Å². The molecule has 0 saturated carbocycles. The van der Waals surface area contributed by atoms with Crippen LogP contribution in [0.2, 0.25) is 0 Å². The van der Waals surface area contributed by atoms with Crippen molar-refractivity contribution in [2.45, 2.75) is 30.6 Å². The Labute approximate surface area is 87.2 Å². The first-order valence-corrected chi connectivity index (χ1v) is 5.99. The van der Waals surface area contributed by atoms with Crippen LogP contribution >= 0.6 is 11.8 Å². The molecule has 2 atom stereocenters. The van der Waals surface area contributed by atoms with Crippen molar-refractivity contribution in [2.24, 2.45) is 0 Å². The Morgan fingerprint density at radius 1 is 1.50 bits per heavy atom. The number of carbonyl (C=O) groups is 2. The highest BCUT2D eigenvalue weighted by Gasteiger charge is 2.30. The topological polar surface area (TPSA) is 58.2 Å². The van der Waals surface area contributed by atoms with Gasteiger partial charge in [-0.2, -0.15) is 11.8 Å². The third-order valence-corrected chi connectivity index (χ3v) is 3.98. The number of hydrogen-bond donors (Lipinski definition) is 2. The molecule has 14 heavy (non-hydrogen) atoms. The van der Waals surface area contributed by atoms with Gasteiger partial charge in [-0.3, -0.25) is 14.9 Å². The van der Waals surface area contributed by atoms with Crippen LogP contribution < -0.4 is 10.6 Å². The molecule has 4 nitrogen and oxygen atoms in total. The maximum Gasteiger partial charge on any atom is 0.244 e. The Kier molecular flexibility index (Phi) is 3.08. The Morgan fingerprint density at radius 2 is 2.36 bits per heavy atom. The van der Waals surface area contributed by atoms with Crippen molar-refractivity contribution in [3.05, 3.63) is 0 Å². The summed E-state index contributed by atoms with van der Waals surface area (Å²) in [7, 11) is 0. The summed E-state index contributed by atoms with van der Waals surface area (Å²) in [6.45, 7) is 0.843. The fourth-order valence-electron chi connectivity index (χ4n) is 1.80. The van der Waals surface area contributed by atoms with E-state index in [1.807, 2.05) is 11.8 Å². The average Bonchev–Trinajstić information content (AvgIpc) is 2.72. The number of nitrogens with one attached hydrogen (secondary N) is 2. The number of amides is 2. The third kappa shape index (κ3) is 2.27. The Bertz CT molecular complexity index is 251. The van der Waals surface area contributed by atoms with Crippen LogP contribution in [-0.2, 0) is 9.59 Å². The lowest BCUT2D eigenvalue weighted by Gasteiger charge is -2.12. The van der Waals surface area contributed by atoms with Crippen LogP contribution in [0.3, 0.4) is 0 Å². The molecule has 2 rings (SSSR count). The van der Waals surface area contributed by atoms with Crippen molar-refractivity contribution in [1.82, 2.24) is 10.6 Å². The lowest BCUT2D eigenvalue weighted by Crippen LogP contribution is -2.39. The zero-order valence-corrected chi connectivity index (χ0v) is 8.73. The molecule has 2 amide bonds. The molecule has 5 heteroatoms. The smallest absolute Gasteiger partial charge is 0.244 e. The summed E-state index contributed by atoms with van der Waals surface area (Å²) in [5.74, 6) is 0.895. The van der Waals surface area contributed by atoms with E-state index in [9.17, 15) is 9.59 Å². The average molecular weight is 214 g/mol. The Hall–Kier alpha value is -0.550. The molecule has 2 aliphatic heterocycles. The van der Waals surface area contributed by atoms with Gasteiger partial charge in [-0.25, -0.2) is 0 Å². The van der Waals surface area contributed by atoms with E-state index in [0.29, 0.717) is 11.7 Å². The highest BCUT2D eigenvalue weighted by atomic mass is 32.2. The molecule has 78 valence electrons. The molecule has 0 aromatic carbocycles. The van der Waals surface area contributed by atoms with Gasteiger partial charge in [-0.1, -0.05) is 0 Å². The highest BCUT2D eigenvalue weighted by molar-refractivity contribution is 8.00. The first-order chi connectivity index (χ1) is 6.75. The van der Waals surface area contributed by atoms with Gasteiger partial charge in [0.2, 0.25) is 11.8 Å². The van der Waals surface area contributed by atoms with Gasteiger partial charge >= 0.3 is 0 Å². The highest BCUT2D eigenvalue weighted by Crippen LogP contribution is 2.25. The Morgan fingerprint density at radius 3 is 2.93 bits per heavy atom. The normalized spacial score (nSPS) is 32.3. The lowest BCUT2D eigenvalue weighted by molar-refractivity contribution is -0.125. The molecule has 2 aliphatic rings. The first-order valence-electron chi connectivity index (χ1n) is 4.94. The predicted molar refractivity (Wildman–Crippen MR) is 55.0 cm³/mol. The van der Waals surface area contributed by atoms with E-state index >= 15 is 0 Å². The van der Waals surface area contributed by atoms with Crippen molar-refractivity contribution in [1.29, 1.82) is 0 Å². The van der Waals surface area contributed by atoms with Crippen molar-refractivity contribution >= 4 is 23.6 Å². The minimum atomic E-state index is -0.288. The second kappa shape index (κ2) is 4.31. The number of carbonyl (C=O) groups excluding carboxylic acids is 2. The van der Waals surface area contributed by atoms with E-state index in [0.717, 1.165) is 6.54 Å². The molecule has 0 aliphatic carbocycles. The molecule has 0 bridgehead atoms. The predicted octanol–water partition coefficient (Wildman–Crippen LogP) is -0.113. The minimum Gasteiger partial charge on any atom is -0.304 e. The van der Waals surface area contributed by atoms with Crippen LogP contribution in [0.25, 0.3) is 0 Å². The van der Waals surface area contributed by atoms with Gasteiger partial charge in [-0.05, 0) is 18.6 Å². The van der Waals surface area contributed by atoms with Gasteiger partial charge < -0.3 is 5.32 Å². The number of thioether (sulfide) groups is 1. The third-order valence-electron chi connectivity index (χ3n) is 2.58. The van der Waals surface area contributed by atoms with Crippen LogP contribution in [0.1, 0.15) is 19.3 Å². The molecule has 0 aromatic heterocycles. The van der Waals surface area contributed by atoms with Crippen molar-refractivity contribution in [2.75, 3.05) is 12.3 Å². The molecule has 2 heterocycles. The van der Waals surface area contributed by atoms with Crippen LogP contribution in [0.15, 0.2) is 0 Å². The maximum atomic E-state index is 11.2. The monoisotopic (exact) mass is 214 g/mol. The molecule has 2 N–H and O–H groups in total. The van der Waals surface area contributed by atoms with Gasteiger partial charge in [-0.15, -0.1) is 0 Å². The fourth-order valence-corrected chi connectivity index (χ4v) is 3.01. The fraction of sp³-hybridized carbons (Fsp3) is 0.778. The van der Waals surface area contributed by atoms with Crippen LogP contribution in [0.5, 0.6) is 0 Å². The van der Waals surface area contributed by atoms with Crippen LogP contribution in [0, 0.1) is 0 Å². The first kappa shape index (κ1) is 9.98. The molecule has 2 saturated heterocycles. The van der Waals surface area contributed by atoms with E-state index < -0.39 is 0 Å². The quantitative estimate of drug-likeness (QED) is 0.643. The van der Waals surface area contributed by atoms with E-state index in [1.54, 1.807) is 0 Å². The second-order valence-corrected chi connectivity index (χ2v) is 5.12. The van der Waals surface area contributed by atoms with E-state index in [1.165, 1.54) is 18.6 Å². The number of imide groups is 1. The van der Waals surface area contributed by atoms with Gasteiger partial charge in [0.15, 0.2) is 0 Å². The summed E-state index contributed by atoms with van der Waals surface area (Å²) in [4.78, 5) is 22.1. The van der Waals surface area contributed by atoms with Crippen molar-refractivity contribution < 1.29 is 9.59 Å². The SMILES string of the molecule is O=C1CC(NCC2CCCS2)C(=O)N1. The van der Waals surface area contributed by atoms with Crippen LogP contribution in [0.4, 0.5) is 0 Å². The van der Waals surface area contributed by atoms with Gasteiger partial charge in [0, 0.05) is 11.8 Å². The minimum absolute atomic E-state index is 0.161. The molecule has 0 aromatic rings. The summed E-state index contributed by atoms with van der Waals surface area (Å²) in [6.07, 6.45) is 2.79. The van der Waals surface area contributed by atoms with E-state index in [4.69, 9.17) is 0 Å². The summed E-state index contributed by atoms with van der Waals surface area (Å²) < 4.78 is 0. The summed E-state index contributed by atoms with van der Waals surface area (Å²) in [5, 5.41) is 6.07. The molecule has 0 spiro atoms. The van der Waals surface area contributed by atoms with Crippen LogP contribution in [-0.4, -0.2) is 35.4 Å². The number of rotatable bonds is 3. The standard InChI is InChI=1S/C9H14N2O2S/c12-8-4-7(9(13)11-8)10-5-6-2-1-3-14-6/h6-7,10H,1-5H2,(H,11,12,13). The Balaban J connectivity index is 1.74. The largest absolute Gasteiger partial charge is 0.304 e. The van der Waals surface area contributed by atoms with Gasteiger partial charge in [0.05, 0.1) is 12.5 Å². The van der Waals surface area contributed by atoms with Gasteiger partial charge in [0.25, 0.3) is 0 Å². The van der Waals surface area contributed by atoms with E-state index in [-0.39, 0.29) is 17.9 Å². The summed E-state index contributed by atoms with van der Waals surface area (Å²) in [6, 6.07) is -0.288. The van der Waals surface area contributed by atoms with E-state index in [2.05, 4.69) is 10.6 Å². The molecule has 2 unspecified atom stereocenters. The lowest BCUT2D eigenvalue weighted by atomic mass is 10.2. The zero-order valence-electron chi connectivity index (χ0n) is 7.91. The molecule has 2 fully saturated rings. The molecular formula is C9H14N2O2S. The van der Waals surface area contributed by atoms with Gasteiger partial charge in [0.1, 0.15) is 0 Å². The molecule has 0 radical (unpaired) electrons. The summed E-state index contributed by atoms with van der Waals surface area (Å²) >= 11 is 1.95.